The lowest BCUT2D eigenvalue weighted by Gasteiger charge is -2.21. The van der Waals surface area contributed by atoms with Gasteiger partial charge in [0.15, 0.2) is 0 Å². The van der Waals surface area contributed by atoms with Crippen LogP contribution >= 0.6 is 0 Å². The first-order valence-corrected chi connectivity index (χ1v) is 9.31. The van der Waals surface area contributed by atoms with Crippen LogP contribution in [-0.2, 0) is 0 Å². The van der Waals surface area contributed by atoms with Gasteiger partial charge in [-0.05, 0) is 36.4 Å². The maximum Gasteiger partial charge on any atom is 0.257 e. The summed E-state index contributed by atoms with van der Waals surface area (Å²) in [7, 11) is 0. The van der Waals surface area contributed by atoms with Gasteiger partial charge in [0.2, 0.25) is 0 Å². The Morgan fingerprint density at radius 3 is 2.42 bits per heavy atom. The first kappa shape index (κ1) is 16.6. The fourth-order valence-electron chi connectivity index (χ4n) is 3.54. The van der Waals surface area contributed by atoms with Crippen LogP contribution in [0, 0.1) is 0 Å². The average Bonchev–Trinajstić information content (AvgIpc) is 2.98. The van der Waals surface area contributed by atoms with Crippen LogP contribution in [-0.4, -0.2) is 24.0 Å². The summed E-state index contributed by atoms with van der Waals surface area (Å²) >= 11 is 0. The number of fused-ring (bicyclic) bond motifs is 1. The number of amides is 1. The number of rotatable bonds is 3. The molecule has 0 atom stereocenters. The Balaban J connectivity index is 1.51. The minimum absolute atomic E-state index is 0.128. The van der Waals surface area contributed by atoms with Gasteiger partial charge in [-0.25, -0.2) is 4.98 Å². The maximum absolute atomic E-state index is 12.6. The topological polar surface area (TPSA) is 45.2 Å². The molecule has 0 spiro atoms. The van der Waals surface area contributed by atoms with E-state index in [0.29, 0.717) is 5.56 Å². The van der Waals surface area contributed by atoms with Crippen LogP contribution in [0.5, 0.6) is 0 Å². The van der Waals surface area contributed by atoms with E-state index in [9.17, 15) is 4.79 Å². The molecule has 26 heavy (non-hydrogen) atoms. The predicted molar refractivity (Wildman–Crippen MR) is 107 cm³/mol. The van der Waals surface area contributed by atoms with Gasteiger partial charge in [0, 0.05) is 30.4 Å². The van der Waals surface area contributed by atoms with Crippen molar-refractivity contribution >= 4 is 28.2 Å². The third-order valence-corrected chi connectivity index (χ3v) is 4.98. The van der Waals surface area contributed by atoms with Gasteiger partial charge in [-0.1, -0.05) is 49.2 Å². The molecule has 1 aromatic heterocycles. The van der Waals surface area contributed by atoms with Crippen molar-refractivity contribution in [2.24, 2.45) is 0 Å². The fourth-order valence-corrected chi connectivity index (χ4v) is 3.54. The fraction of sp³-hybridized carbons (Fsp3) is 0.273. The molecule has 132 valence electrons. The molecule has 1 aliphatic heterocycles. The van der Waals surface area contributed by atoms with E-state index in [1.54, 1.807) is 6.20 Å². The highest BCUT2D eigenvalue weighted by atomic mass is 16.1. The van der Waals surface area contributed by atoms with E-state index in [1.807, 2.05) is 54.6 Å². The van der Waals surface area contributed by atoms with E-state index in [4.69, 9.17) is 0 Å². The standard InChI is InChI=1S/C22H23N3O/c26-22(24-20-11-7-9-17-8-3-4-10-19(17)20)18-12-13-21(23-16-18)25-14-5-1-2-6-15-25/h3-4,7-13,16H,1-2,5-6,14-15H2,(H,24,26). The van der Waals surface area contributed by atoms with Crippen LogP contribution < -0.4 is 10.2 Å². The number of nitrogens with zero attached hydrogens (tertiary/aromatic N) is 2. The van der Waals surface area contributed by atoms with Crippen LogP contribution in [0.25, 0.3) is 10.8 Å². The van der Waals surface area contributed by atoms with Gasteiger partial charge in [-0.3, -0.25) is 4.79 Å². The molecule has 0 radical (unpaired) electrons. The lowest BCUT2D eigenvalue weighted by Crippen LogP contribution is -2.25. The highest BCUT2D eigenvalue weighted by Crippen LogP contribution is 2.24. The molecule has 3 aromatic rings. The van der Waals surface area contributed by atoms with Crippen molar-refractivity contribution in [2.75, 3.05) is 23.3 Å². The molecule has 1 aliphatic rings. The second-order valence-electron chi connectivity index (χ2n) is 6.79. The van der Waals surface area contributed by atoms with Crippen molar-refractivity contribution in [3.05, 3.63) is 66.4 Å². The second kappa shape index (κ2) is 7.56. The van der Waals surface area contributed by atoms with Crippen molar-refractivity contribution < 1.29 is 4.79 Å². The highest BCUT2D eigenvalue weighted by molar-refractivity contribution is 6.09. The van der Waals surface area contributed by atoms with Crippen LogP contribution in [0.4, 0.5) is 11.5 Å². The number of pyridine rings is 1. The number of carbonyl (C=O) groups excluding carboxylic acids is 1. The van der Waals surface area contributed by atoms with Crippen LogP contribution in [0.1, 0.15) is 36.0 Å². The van der Waals surface area contributed by atoms with Crippen molar-refractivity contribution in [2.45, 2.75) is 25.7 Å². The van der Waals surface area contributed by atoms with Crippen LogP contribution in [0.15, 0.2) is 60.8 Å². The van der Waals surface area contributed by atoms with E-state index in [1.165, 1.54) is 25.7 Å². The summed E-state index contributed by atoms with van der Waals surface area (Å²) in [5, 5.41) is 5.17. The molecular weight excluding hydrogens is 322 g/mol. The molecule has 0 unspecified atom stereocenters. The largest absolute Gasteiger partial charge is 0.357 e. The summed E-state index contributed by atoms with van der Waals surface area (Å²) in [4.78, 5) is 19.5. The minimum Gasteiger partial charge on any atom is -0.357 e. The smallest absolute Gasteiger partial charge is 0.257 e. The van der Waals surface area contributed by atoms with Crippen LogP contribution in [0.3, 0.4) is 0 Å². The molecule has 1 fully saturated rings. The molecule has 0 bridgehead atoms. The van der Waals surface area contributed by atoms with Gasteiger partial charge in [0.1, 0.15) is 5.82 Å². The van der Waals surface area contributed by atoms with Crippen molar-refractivity contribution in [3.8, 4) is 0 Å². The van der Waals surface area contributed by atoms with Gasteiger partial charge < -0.3 is 10.2 Å². The molecule has 1 N–H and O–H groups in total. The number of hydrogen-bond donors (Lipinski definition) is 1. The minimum atomic E-state index is -0.128. The highest BCUT2D eigenvalue weighted by Gasteiger charge is 2.13. The van der Waals surface area contributed by atoms with Gasteiger partial charge in [-0.15, -0.1) is 0 Å². The van der Waals surface area contributed by atoms with Crippen molar-refractivity contribution in [1.82, 2.24) is 4.98 Å². The molecule has 1 amide bonds. The first-order valence-electron chi connectivity index (χ1n) is 9.31. The van der Waals surface area contributed by atoms with Gasteiger partial charge >= 0.3 is 0 Å². The van der Waals surface area contributed by atoms with Gasteiger partial charge in [0.25, 0.3) is 5.91 Å². The number of nitrogens with one attached hydrogen (secondary N) is 1. The van der Waals surface area contributed by atoms with Crippen molar-refractivity contribution in [1.29, 1.82) is 0 Å². The quantitative estimate of drug-likeness (QED) is 0.737. The maximum atomic E-state index is 12.6. The molecule has 4 nitrogen and oxygen atoms in total. The Labute approximate surface area is 153 Å². The number of aromatic nitrogens is 1. The number of benzene rings is 2. The Morgan fingerprint density at radius 2 is 1.65 bits per heavy atom. The molecule has 1 saturated heterocycles. The van der Waals surface area contributed by atoms with E-state index in [2.05, 4.69) is 15.2 Å². The van der Waals surface area contributed by atoms with E-state index < -0.39 is 0 Å². The molecule has 2 aromatic carbocycles. The monoisotopic (exact) mass is 345 g/mol. The number of carbonyl (C=O) groups is 1. The van der Waals surface area contributed by atoms with Crippen molar-refractivity contribution in [3.63, 3.8) is 0 Å². The zero-order valence-electron chi connectivity index (χ0n) is 14.8. The first-order chi connectivity index (χ1) is 12.8. The van der Waals surface area contributed by atoms with E-state index >= 15 is 0 Å². The zero-order chi connectivity index (χ0) is 17.8. The third-order valence-electron chi connectivity index (χ3n) is 4.98. The number of anilines is 2. The summed E-state index contributed by atoms with van der Waals surface area (Å²) in [6, 6.07) is 17.8. The Morgan fingerprint density at radius 1 is 0.885 bits per heavy atom. The lowest BCUT2D eigenvalue weighted by atomic mass is 10.1. The average molecular weight is 345 g/mol. The number of hydrogen-bond acceptors (Lipinski definition) is 3. The predicted octanol–water partition coefficient (Wildman–Crippen LogP) is 4.87. The van der Waals surface area contributed by atoms with Gasteiger partial charge in [0.05, 0.1) is 5.56 Å². The Kier molecular flexibility index (Phi) is 4.82. The lowest BCUT2D eigenvalue weighted by molar-refractivity contribution is 0.102. The van der Waals surface area contributed by atoms with Crippen LogP contribution in [0.2, 0.25) is 0 Å². The summed E-state index contributed by atoms with van der Waals surface area (Å²) in [5.74, 6) is 0.838. The molecule has 0 saturated carbocycles. The summed E-state index contributed by atoms with van der Waals surface area (Å²) in [6.45, 7) is 2.10. The molecule has 2 heterocycles. The third kappa shape index (κ3) is 3.54. The summed E-state index contributed by atoms with van der Waals surface area (Å²) in [6.07, 6.45) is 6.70. The summed E-state index contributed by atoms with van der Waals surface area (Å²) < 4.78 is 0. The van der Waals surface area contributed by atoms with Gasteiger partial charge in [-0.2, -0.15) is 0 Å². The molecule has 4 rings (SSSR count). The Hall–Kier alpha value is -2.88. The molecule has 0 aliphatic carbocycles. The van der Waals surface area contributed by atoms with E-state index in [0.717, 1.165) is 35.4 Å². The molecular formula is C22H23N3O. The second-order valence-corrected chi connectivity index (χ2v) is 6.79. The SMILES string of the molecule is O=C(Nc1cccc2ccccc12)c1ccc(N2CCCCCC2)nc1. The molecule has 4 heteroatoms. The normalized spacial score (nSPS) is 14.8. The Bertz CT molecular complexity index is 891. The zero-order valence-corrected chi connectivity index (χ0v) is 14.8. The van der Waals surface area contributed by atoms with E-state index in [-0.39, 0.29) is 5.91 Å². The summed E-state index contributed by atoms with van der Waals surface area (Å²) in [5.41, 5.74) is 1.40.